The number of halogens is 1. The number of fused-ring (bicyclic) bond motifs is 9. The van der Waals surface area contributed by atoms with E-state index >= 15 is 14.0 Å². The Morgan fingerprint density at radius 1 is 0.957 bits per heavy atom. The Morgan fingerprint density at radius 2 is 1.71 bits per heavy atom. The molecule has 2 saturated heterocycles. The number of benzene rings is 4. The molecule has 4 aromatic rings. The van der Waals surface area contributed by atoms with Gasteiger partial charge in [-0.1, -0.05) is 43.5 Å². The van der Waals surface area contributed by atoms with Crippen molar-refractivity contribution in [3.63, 3.8) is 0 Å². The number of piperazine rings is 1. The molecule has 7 aliphatic heterocycles. The maximum Gasteiger partial charge on any atom is 0.337 e. The number of amides is 1. The molecule has 17 heteroatoms. The second-order valence-corrected chi connectivity index (χ2v) is 19.3. The summed E-state index contributed by atoms with van der Waals surface area (Å²) >= 11 is 1.35. The molecule has 4 aromatic carbocycles. The van der Waals surface area contributed by atoms with Gasteiger partial charge in [-0.3, -0.25) is 19.4 Å². The smallest absolute Gasteiger partial charge is 0.337 e. The lowest BCUT2D eigenvalue weighted by atomic mass is 9.71. The fourth-order valence-electron chi connectivity index (χ4n) is 11.9. The topological polar surface area (TPSA) is 159 Å². The predicted molar refractivity (Wildman–Crippen MR) is 255 cm³/mol. The number of nitriles is 1. The van der Waals surface area contributed by atoms with Crippen LogP contribution in [0.1, 0.15) is 79.1 Å². The highest BCUT2D eigenvalue weighted by molar-refractivity contribution is 7.99. The second-order valence-electron chi connectivity index (χ2n) is 18.2. The predicted octanol–water partition coefficient (Wildman–Crippen LogP) is 7.40. The molecule has 364 valence electrons. The summed E-state index contributed by atoms with van der Waals surface area (Å²) in [4.78, 5) is 50.1. The number of likely N-dealkylation sites (N-methyl/N-ethyl adjacent to an activating group) is 1. The molecule has 15 nitrogen and oxygen atoms in total. The van der Waals surface area contributed by atoms with Crippen molar-refractivity contribution in [1.29, 1.82) is 5.26 Å². The third-order valence-electron chi connectivity index (χ3n) is 14.7. The van der Waals surface area contributed by atoms with Crippen molar-refractivity contribution in [2.45, 2.75) is 74.6 Å². The van der Waals surface area contributed by atoms with E-state index in [4.69, 9.17) is 37.9 Å². The van der Waals surface area contributed by atoms with Gasteiger partial charge in [-0.2, -0.15) is 5.26 Å². The molecular formula is C53H53FN4O11S. The number of aryl methyl sites for hydroxylation is 1. The van der Waals surface area contributed by atoms with Gasteiger partial charge in [0.15, 0.2) is 40.0 Å². The van der Waals surface area contributed by atoms with Crippen LogP contribution in [0.5, 0.6) is 40.2 Å². The van der Waals surface area contributed by atoms with Crippen LogP contribution in [0.25, 0.3) is 0 Å². The van der Waals surface area contributed by atoms with Crippen LogP contribution in [0.2, 0.25) is 0 Å². The Morgan fingerprint density at radius 3 is 2.43 bits per heavy atom. The van der Waals surface area contributed by atoms with Crippen molar-refractivity contribution in [2.24, 2.45) is 0 Å². The first-order valence-corrected chi connectivity index (χ1v) is 24.2. The van der Waals surface area contributed by atoms with Crippen molar-refractivity contribution in [2.75, 3.05) is 60.2 Å². The van der Waals surface area contributed by atoms with Crippen molar-refractivity contribution in [3.05, 3.63) is 124 Å². The van der Waals surface area contributed by atoms with E-state index in [0.717, 1.165) is 16.7 Å². The molecule has 1 spiro atoms. The van der Waals surface area contributed by atoms with Crippen molar-refractivity contribution < 1.29 is 56.7 Å². The molecule has 0 N–H and O–H groups in total. The summed E-state index contributed by atoms with van der Waals surface area (Å²) in [7, 11) is 5.09. The van der Waals surface area contributed by atoms with Crippen LogP contribution in [0, 0.1) is 31.0 Å². The molecule has 0 unspecified atom stereocenters. The Bertz CT molecular complexity index is 2920. The summed E-state index contributed by atoms with van der Waals surface area (Å²) in [6.07, 6.45) is 4.04. The highest BCUT2D eigenvalue weighted by Gasteiger charge is 2.63. The fraction of sp³-hybridized carbons (Fsp3) is 0.396. The first kappa shape index (κ1) is 47.0. The SMILES string of the molecule is C=CCOc1cc2c(cc1OC)[C@@]1(CS[C@@H]3c4c(OC(C)=O)c(C)c5c(c4[C@H](COC1=O)N1[C@@H]3[C@@H]3c4c(cc(C)c(OC)c4OCC=C)C[C@@H]([C@@H]1C#N)N3C)OCO5)N(C(=O)c1ccccc1F)CC2. The second kappa shape index (κ2) is 18.2. The zero-order chi connectivity index (χ0) is 49.3. The van der Waals surface area contributed by atoms with Gasteiger partial charge >= 0.3 is 11.9 Å². The number of nitrogens with zero attached hydrogens (tertiary/aromatic N) is 4. The summed E-state index contributed by atoms with van der Waals surface area (Å²) in [6.45, 7) is 12.7. The molecule has 7 atom stereocenters. The molecule has 70 heavy (non-hydrogen) atoms. The van der Waals surface area contributed by atoms with Gasteiger partial charge in [-0.05, 0) is 80.3 Å². The number of ether oxygens (including phenoxy) is 8. The maximum atomic E-state index is 15.9. The van der Waals surface area contributed by atoms with Gasteiger partial charge in [-0.25, -0.2) is 9.18 Å². The summed E-state index contributed by atoms with van der Waals surface area (Å²) in [5.74, 6) is -0.161. The lowest BCUT2D eigenvalue weighted by Crippen LogP contribution is -2.69. The average molecular weight is 973 g/mol. The summed E-state index contributed by atoms with van der Waals surface area (Å²) < 4.78 is 66.0. The van der Waals surface area contributed by atoms with Gasteiger partial charge in [0.05, 0.1) is 43.2 Å². The molecule has 7 aliphatic rings. The number of hydrogen-bond acceptors (Lipinski definition) is 15. The molecular weight excluding hydrogens is 920 g/mol. The molecule has 0 radical (unpaired) electrons. The van der Waals surface area contributed by atoms with Gasteiger partial charge < -0.3 is 42.8 Å². The van der Waals surface area contributed by atoms with Gasteiger partial charge in [0.2, 0.25) is 6.79 Å². The number of hydrogen-bond donors (Lipinski definition) is 0. The van der Waals surface area contributed by atoms with Crippen molar-refractivity contribution in [3.8, 4) is 46.3 Å². The lowest BCUT2D eigenvalue weighted by Gasteiger charge is -2.62. The first-order chi connectivity index (χ1) is 33.8. The highest BCUT2D eigenvalue weighted by Crippen LogP contribution is 2.65. The molecule has 7 heterocycles. The quantitative estimate of drug-likeness (QED) is 0.0879. The maximum absolute atomic E-state index is 15.9. The van der Waals surface area contributed by atoms with Crippen LogP contribution in [0.15, 0.2) is 67.8 Å². The van der Waals surface area contributed by atoms with Crippen molar-refractivity contribution >= 4 is 29.6 Å². The number of carbonyl (C=O) groups excluding carboxylic acids is 3. The van der Waals surface area contributed by atoms with Gasteiger partial charge in [0.25, 0.3) is 5.91 Å². The van der Waals surface area contributed by atoms with Crippen LogP contribution >= 0.6 is 11.8 Å². The Kier molecular flexibility index (Phi) is 12.2. The minimum atomic E-state index is -1.92. The van der Waals surface area contributed by atoms with E-state index in [2.05, 4.69) is 35.1 Å². The number of rotatable bonds is 10. The first-order valence-electron chi connectivity index (χ1n) is 23.1. The van der Waals surface area contributed by atoms with Crippen LogP contribution in [0.4, 0.5) is 4.39 Å². The molecule has 1 amide bonds. The summed E-state index contributed by atoms with van der Waals surface area (Å²) in [6, 6.07) is 10.7. The Hall–Kier alpha value is -6.74. The summed E-state index contributed by atoms with van der Waals surface area (Å²) in [5, 5.41) is 10.7. The molecule has 0 aliphatic carbocycles. The van der Waals surface area contributed by atoms with Gasteiger partial charge in [0, 0.05) is 53.6 Å². The number of methoxy groups -OCH3 is 2. The minimum Gasteiger partial charge on any atom is -0.493 e. The van der Waals surface area contributed by atoms with E-state index in [1.807, 2.05) is 14.0 Å². The molecule has 0 saturated carbocycles. The molecule has 4 bridgehead atoms. The fourth-order valence-corrected chi connectivity index (χ4v) is 13.6. The monoisotopic (exact) mass is 972 g/mol. The van der Waals surface area contributed by atoms with Crippen LogP contribution in [-0.4, -0.2) is 111 Å². The van der Waals surface area contributed by atoms with E-state index in [1.54, 1.807) is 44.4 Å². The zero-order valence-corrected chi connectivity index (χ0v) is 40.6. The van der Waals surface area contributed by atoms with Gasteiger partial charge in [-0.15, -0.1) is 11.8 Å². The molecule has 0 aromatic heterocycles. The highest BCUT2D eigenvalue weighted by atomic mass is 32.2. The third kappa shape index (κ3) is 7.00. The van der Waals surface area contributed by atoms with Crippen LogP contribution < -0.4 is 33.2 Å². The summed E-state index contributed by atoms with van der Waals surface area (Å²) in [5.41, 5.74) is 3.35. The minimum absolute atomic E-state index is 0.000143. The normalized spacial score (nSPS) is 25.0. The standard InChI is InChI=1S/C53H53FN4O11S/c1-9-17-64-39-21-30-15-16-57(51(60)32-13-11-12-14-34(32)54)53(33(30)22-38(39)62-7)25-70-50-42-41(49-47(67-26-68-49)28(4)46(42)69-29(5)59)37(24-66-52(53)61)58-36(23-55)35-20-31-19-27(3)45(63-8)48(65-18-10-2)40(31)43(44(50)58)56(35)6/h9-14,19,21-22,35-37,43-44,50H,1-2,15-18,20,24-26H2,3-8H3/t35-,36-,37-,43-,44+,50+,53+/m0/s1. The largest absolute Gasteiger partial charge is 0.493 e. The lowest BCUT2D eigenvalue weighted by molar-refractivity contribution is -0.162. The van der Waals surface area contributed by atoms with Crippen LogP contribution in [-0.2, 0) is 32.7 Å². The Balaban J connectivity index is 1.27. The Labute approximate surface area is 409 Å². The van der Waals surface area contributed by atoms with Gasteiger partial charge in [0.1, 0.15) is 37.4 Å². The van der Waals surface area contributed by atoms with Crippen LogP contribution in [0.3, 0.4) is 0 Å². The van der Waals surface area contributed by atoms with E-state index in [9.17, 15) is 10.1 Å². The zero-order valence-electron chi connectivity index (χ0n) is 39.8. The van der Waals surface area contributed by atoms with E-state index in [1.165, 1.54) is 48.9 Å². The van der Waals surface area contributed by atoms with E-state index in [-0.39, 0.29) is 62.7 Å². The average Bonchev–Trinajstić information content (AvgIpc) is 3.85. The molecule has 2 fully saturated rings. The molecule has 11 rings (SSSR count). The third-order valence-corrected chi connectivity index (χ3v) is 16.1. The van der Waals surface area contributed by atoms with E-state index < -0.39 is 58.6 Å². The number of thioether (sulfide) groups is 1. The van der Waals surface area contributed by atoms with E-state index in [0.29, 0.717) is 68.7 Å². The number of carbonyl (C=O) groups is 3. The van der Waals surface area contributed by atoms with Crippen molar-refractivity contribution in [1.82, 2.24) is 14.7 Å². The number of esters is 2.